The summed E-state index contributed by atoms with van der Waals surface area (Å²) in [6.45, 7) is 8.53. The Morgan fingerprint density at radius 1 is 1.22 bits per heavy atom. The van der Waals surface area contributed by atoms with Crippen LogP contribution in [0.3, 0.4) is 0 Å². The van der Waals surface area contributed by atoms with Gasteiger partial charge in [0, 0.05) is 0 Å². The zero-order chi connectivity index (χ0) is 17.3. The van der Waals surface area contributed by atoms with Crippen molar-refractivity contribution in [3.05, 3.63) is 29.1 Å². The summed E-state index contributed by atoms with van der Waals surface area (Å²) in [6, 6.07) is 2.98. The maximum absolute atomic E-state index is 13.5. The van der Waals surface area contributed by atoms with Gasteiger partial charge in [0.1, 0.15) is 0 Å². The number of rotatable bonds is 4. The van der Waals surface area contributed by atoms with E-state index in [9.17, 15) is 9.18 Å². The molecule has 4 heteroatoms. The first-order valence-electron chi connectivity index (χ1n) is 8.78. The molecule has 2 nitrogen and oxygen atoms in total. The second kappa shape index (κ2) is 6.51. The normalized spacial score (nSPS) is 22.6. The molecule has 130 valence electrons. The molecule has 0 aromatic heterocycles. The Kier molecular flexibility index (Phi) is 5.21. The SMILES string of the molecule is CCP1(C)(C(C)C(=O)Nc2c(C)cc(F)cc2C)CCCCC1. The van der Waals surface area contributed by atoms with Crippen LogP contribution >= 0.6 is 6.60 Å². The number of benzene rings is 1. The summed E-state index contributed by atoms with van der Waals surface area (Å²) in [6.07, 6.45) is 7.43. The van der Waals surface area contributed by atoms with Crippen molar-refractivity contribution in [2.24, 2.45) is 0 Å². The molecule has 1 atom stereocenters. The Hall–Kier alpha value is -0.950. The van der Waals surface area contributed by atoms with Gasteiger partial charge in [0.05, 0.1) is 0 Å². The molecule has 1 aliphatic rings. The Labute approximate surface area is 140 Å². The zero-order valence-corrected chi connectivity index (χ0v) is 16.1. The van der Waals surface area contributed by atoms with Gasteiger partial charge in [0.2, 0.25) is 0 Å². The third-order valence-corrected chi connectivity index (χ3v) is 14.3. The fourth-order valence-corrected chi connectivity index (χ4v) is 9.45. The van der Waals surface area contributed by atoms with Crippen LogP contribution in [-0.4, -0.2) is 36.7 Å². The predicted molar refractivity (Wildman–Crippen MR) is 101 cm³/mol. The summed E-state index contributed by atoms with van der Waals surface area (Å²) < 4.78 is 13.5. The van der Waals surface area contributed by atoms with Crippen LogP contribution in [0.4, 0.5) is 10.1 Å². The van der Waals surface area contributed by atoms with E-state index in [2.05, 4.69) is 25.8 Å². The molecule has 1 aliphatic heterocycles. The van der Waals surface area contributed by atoms with E-state index in [0.717, 1.165) is 23.0 Å². The van der Waals surface area contributed by atoms with E-state index in [1.807, 2.05) is 13.8 Å². The van der Waals surface area contributed by atoms with Crippen LogP contribution in [0.5, 0.6) is 0 Å². The number of hydrogen-bond acceptors (Lipinski definition) is 1. The number of carbonyl (C=O) groups excluding carboxylic acids is 1. The number of nitrogens with one attached hydrogen (secondary N) is 1. The van der Waals surface area contributed by atoms with Gasteiger partial charge in [0.25, 0.3) is 0 Å². The summed E-state index contributed by atoms with van der Waals surface area (Å²) >= 11 is 0. The predicted octanol–water partition coefficient (Wildman–Crippen LogP) is 5.16. The van der Waals surface area contributed by atoms with Gasteiger partial charge in [-0.15, -0.1) is 0 Å². The van der Waals surface area contributed by atoms with Crippen molar-refractivity contribution in [1.29, 1.82) is 0 Å². The van der Waals surface area contributed by atoms with E-state index in [1.165, 1.54) is 43.7 Å². The van der Waals surface area contributed by atoms with Gasteiger partial charge in [-0.1, -0.05) is 0 Å². The van der Waals surface area contributed by atoms with Gasteiger partial charge in [-0.3, -0.25) is 0 Å². The average Bonchev–Trinajstić information content (AvgIpc) is 2.51. The molecule has 1 N–H and O–H groups in total. The number of anilines is 1. The third kappa shape index (κ3) is 3.45. The molecule has 23 heavy (non-hydrogen) atoms. The standard InChI is InChI=1S/C19H31FNOP/c1-6-23(5,10-8-7-9-11-23)16(4)19(22)21-18-14(2)12-17(20)13-15(18)3/h12-13,16H,6-11H2,1-5H3,(H,21,22). The molecule has 0 bridgehead atoms. The number of halogens is 1. The molecule has 1 unspecified atom stereocenters. The van der Waals surface area contributed by atoms with Crippen molar-refractivity contribution in [2.45, 2.75) is 52.6 Å². The molecule has 0 saturated carbocycles. The van der Waals surface area contributed by atoms with E-state index < -0.39 is 6.60 Å². The molecule has 0 radical (unpaired) electrons. The number of aryl methyl sites for hydroxylation is 2. The Bertz CT molecular complexity index is 584. The number of hydrogen-bond donors (Lipinski definition) is 1. The van der Waals surface area contributed by atoms with Gasteiger partial charge in [0.15, 0.2) is 0 Å². The minimum absolute atomic E-state index is 0.0650. The fourth-order valence-electron chi connectivity index (χ4n) is 4.14. The average molecular weight is 339 g/mol. The summed E-state index contributed by atoms with van der Waals surface area (Å²) in [5.41, 5.74) is 2.43. The second-order valence-electron chi connectivity index (χ2n) is 7.83. The molecule has 0 aliphatic carbocycles. The Balaban J connectivity index is 2.27. The van der Waals surface area contributed by atoms with Crippen LogP contribution in [0.2, 0.25) is 0 Å². The summed E-state index contributed by atoms with van der Waals surface area (Å²) in [7, 11) is 0. The number of amides is 1. The second-order valence-corrected chi connectivity index (χ2v) is 15.0. The van der Waals surface area contributed by atoms with Crippen LogP contribution < -0.4 is 5.32 Å². The van der Waals surface area contributed by atoms with Crippen molar-refractivity contribution in [1.82, 2.24) is 0 Å². The van der Waals surface area contributed by atoms with E-state index in [1.54, 1.807) is 0 Å². The molecule has 1 aromatic rings. The van der Waals surface area contributed by atoms with Crippen LogP contribution in [0, 0.1) is 19.7 Å². The molecule has 1 heterocycles. The van der Waals surface area contributed by atoms with Gasteiger partial charge in [-0.25, -0.2) is 0 Å². The Morgan fingerprint density at radius 2 is 1.74 bits per heavy atom. The number of carbonyl (C=O) groups is 1. The Morgan fingerprint density at radius 3 is 2.22 bits per heavy atom. The molecular weight excluding hydrogens is 308 g/mol. The summed E-state index contributed by atoms with van der Waals surface area (Å²) in [4.78, 5) is 13.0. The summed E-state index contributed by atoms with van der Waals surface area (Å²) in [5, 5.41) is 3.11. The van der Waals surface area contributed by atoms with E-state index in [4.69, 9.17) is 0 Å². The molecule has 1 aromatic carbocycles. The maximum atomic E-state index is 13.5. The van der Waals surface area contributed by atoms with E-state index in [0.29, 0.717) is 0 Å². The van der Waals surface area contributed by atoms with Crippen LogP contribution in [0.25, 0.3) is 0 Å². The molecule has 2 rings (SSSR count). The van der Waals surface area contributed by atoms with Gasteiger partial charge in [-0.05, 0) is 0 Å². The fraction of sp³-hybridized carbons (Fsp3) is 0.632. The molecule has 1 fully saturated rings. The first-order valence-corrected chi connectivity index (χ1v) is 12.1. The molecule has 0 spiro atoms. The van der Waals surface area contributed by atoms with E-state index in [-0.39, 0.29) is 17.4 Å². The van der Waals surface area contributed by atoms with Gasteiger partial charge < -0.3 is 0 Å². The van der Waals surface area contributed by atoms with Crippen LogP contribution in [0.15, 0.2) is 12.1 Å². The van der Waals surface area contributed by atoms with Crippen molar-refractivity contribution < 1.29 is 9.18 Å². The van der Waals surface area contributed by atoms with Crippen LogP contribution in [-0.2, 0) is 4.79 Å². The molecule has 1 amide bonds. The van der Waals surface area contributed by atoms with Gasteiger partial charge in [-0.2, -0.15) is 0 Å². The summed E-state index contributed by atoms with van der Waals surface area (Å²) in [5.74, 6) is -0.129. The van der Waals surface area contributed by atoms with Crippen molar-refractivity contribution in [3.63, 3.8) is 0 Å². The quantitative estimate of drug-likeness (QED) is 0.755. The van der Waals surface area contributed by atoms with Crippen molar-refractivity contribution >= 4 is 18.2 Å². The molecular formula is C19H31FNOP. The van der Waals surface area contributed by atoms with Crippen LogP contribution in [0.1, 0.15) is 44.2 Å². The topological polar surface area (TPSA) is 29.1 Å². The zero-order valence-electron chi connectivity index (χ0n) is 15.2. The first-order chi connectivity index (χ1) is 10.7. The van der Waals surface area contributed by atoms with Gasteiger partial charge >= 0.3 is 140 Å². The monoisotopic (exact) mass is 339 g/mol. The van der Waals surface area contributed by atoms with E-state index >= 15 is 0 Å². The van der Waals surface area contributed by atoms with Crippen molar-refractivity contribution in [2.75, 3.05) is 30.5 Å². The van der Waals surface area contributed by atoms with Crippen molar-refractivity contribution in [3.8, 4) is 0 Å². The third-order valence-electron chi connectivity index (χ3n) is 6.43. The molecule has 1 saturated heterocycles. The minimum atomic E-state index is -2.00. The first kappa shape index (κ1) is 18.4.